The van der Waals surface area contributed by atoms with Crippen molar-refractivity contribution in [2.24, 2.45) is 7.05 Å². The average Bonchev–Trinajstić information content (AvgIpc) is 2.97. The van der Waals surface area contributed by atoms with Gasteiger partial charge >= 0.3 is 0 Å². The fourth-order valence-corrected chi connectivity index (χ4v) is 1.48. The Morgan fingerprint density at radius 1 is 1.56 bits per heavy atom. The van der Waals surface area contributed by atoms with Crippen LogP contribution in [0.3, 0.4) is 0 Å². The lowest BCUT2D eigenvalue weighted by atomic mass is 10.3. The Balaban J connectivity index is 1.76. The van der Waals surface area contributed by atoms with Crippen LogP contribution < -0.4 is 11.1 Å². The van der Waals surface area contributed by atoms with Crippen LogP contribution in [0.2, 0.25) is 0 Å². The summed E-state index contributed by atoms with van der Waals surface area (Å²) < 4.78 is 3.18. The van der Waals surface area contributed by atoms with E-state index in [0.717, 1.165) is 5.56 Å². The van der Waals surface area contributed by atoms with E-state index >= 15 is 0 Å². The molecule has 0 saturated carbocycles. The van der Waals surface area contributed by atoms with Crippen molar-refractivity contribution < 1.29 is 4.79 Å². The van der Waals surface area contributed by atoms with Crippen molar-refractivity contribution in [2.75, 3.05) is 5.73 Å². The van der Waals surface area contributed by atoms with Gasteiger partial charge in [-0.3, -0.25) is 14.2 Å². The maximum absolute atomic E-state index is 11.6. The zero-order valence-electron chi connectivity index (χ0n) is 10.1. The zero-order valence-corrected chi connectivity index (χ0v) is 10.1. The van der Waals surface area contributed by atoms with E-state index in [1.54, 1.807) is 35.0 Å². The van der Waals surface area contributed by atoms with Crippen molar-refractivity contribution in [3.63, 3.8) is 0 Å². The predicted molar refractivity (Wildman–Crippen MR) is 64.1 cm³/mol. The Labute approximate surface area is 104 Å². The van der Waals surface area contributed by atoms with Crippen LogP contribution in [0.5, 0.6) is 0 Å². The highest BCUT2D eigenvalue weighted by Gasteiger charge is 2.07. The second-order valence-electron chi connectivity index (χ2n) is 3.87. The highest BCUT2D eigenvalue weighted by atomic mass is 16.1. The van der Waals surface area contributed by atoms with Gasteiger partial charge in [0.1, 0.15) is 5.82 Å². The van der Waals surface area contributed by atoms with Gasteiger partial charge in [-0.15, -0.1) is 5.10 Å². The summed E-state index contributed by atoms with van der Waals surface area (Å²) in [6.45, 7) is 0.893. The molecule has 0 aromatic carbocycles. The SMILES string of the molecule is Cn1ncc(CNC(=O)CCn2ccnn2)c1N. The number of nitrogen functional groups attached to an aromatic ring is 1. The molecule has 0 spiro atoms. The number of aryl methyl sites for hydroxylation is 2. The lowest BCUT2D eigenvalue weighted by Crippen LogP contribution is -2.24. The number of anilines is 1. The fraction of sp³-hybridized carbons (Fsp3) is 0.400. The van der Waals surface area contributed by atoms with Crippen molar-refractivity contribution in [3.8, 4) is 0 Å². The van der Waals surface area contributed by atoms with Crippen molar-refractivity contribution in [1.82, 2.24) is 30.1 Å². The standard InChI is InChI=1S/C10H15N7O/c1-16-10(11)8(7-14-16)6-12-9(18)2-4-17-5-3-13-15-17/h3,5,7H,2,4,6,11H2,1H3,(H,12,18). The summed E-state index contributed by atoms with van der Waals surface area (Å²) in [5, 5.41) is 14.2. The lowest BCUT2D eigenvalue weighted by Gasteiger charge is -2.04. The van der Waals surface area contributed by atoms with Gasteiger partial charge in [0.2, 0.25) is 5.91 Å². The number of nitrogens with two attached hydrogens (primary N) is 1. The number of rotatable bonds is 5. The Hall–Kier alpha value is -2.38. The molecule has 18 heavy (non-hydrogen) atoms. The molecule has 2 aromatic heterocycles. The fourth-order valence-electron chi connectivity index (χ4n) is 1.48. The van der Waals surface area contributed by atoms with Crippen LogP contribution in [-0.4, -0.2) is 30.7 Å². The number of hydrogen-bond donors (Lipinski definition) is 2. The minimum atomic E-state index is -0.0613. The minimum absolute atomic E-state index is 0.0613. The van der Waals surface area contributed by atoms with Gasteiger partial charge in [-0.25, -0.2) is 0 Å². The Morgan fingerprint density at radius 2 is 2.39 bits per heavy atom. The number of carbonyl (C=O) groups excluding carboxylic acids is 1. The molecule has 0 radical (unpaired) electrons. The van der Waals surface area contributed by atoms with Gasteiger partial charge in [-0.1, -0.05) is 5.21 Å². The van der Waals surface area contributed by atoms with E-state index in [0.29, 0.717) is 25.3 Å². The third-order valence-corrected chi connectivity index (χ3v) is 2.58. The van der Waals surface area contributed by atoms with Crippen LogP contribution in [0.4, 0.5) is 5.82 Å². The number of nitrogens with one attached hydrogen (secondary N) is 1. The molecule has 0 saturated heterocycles. The van der Waals surface area contributed by atoms with Gasteiger partial charge in [-0.05, 0) is 0 Å². The van der Waals surface area contributed by atoms with Crippen LogP contribution in [0.25, 0.3) is 0 Å². The van der Waals surface area contributed by atoms with Gasteiger partial charge in [-0.2, -0.15) is 5.10 Å². The number of nitrogens with zero attached hydrogens (tertiary/aromatic N) is 5. The van der Waals surface area contributed by atoms with Crippen molar-refractivity contribution in [2.45, 2.75) is 19.5 Å². The molecule has 3 N–H and O–H groups in total. The topological polar surface area (TPSA) is 104 Å². The number of aromatic nitrogens is 5. The highest BCUT2D eigenvalue weighted by molar-refractivity contribution is 5.75. The first kappa shape index (κ1) is 12.1. The lowest BCUT2D eigenvalue weighted by molar-refractivity contribution is -0.121. The summed E-state index contributed by atoms with van der Waals surface area (Å²) in [4.78, 5) is 11.6. The van der Waals surface area contributed by atoms with E-state index in [1.165, 1.54) is 0 Å². The van der Waals surface area contributed by atoms with Crippen molar-refractivity contribution in [1.29, 1.82) is 0 Å². The van der Waals surface area contributed by atoms with E-state index in [9.17, 15) is 4.79 Å². The van der Waals surface area contributed by atoms with Gasteiger partial charge in [0.15, 0.2) is 0 Å². The molecule has 1 amide bonds. The molecule has 0 atom stereocenters. The Morgan fingerprint density at radius 3 is 3.00 bits per heavy atom. The molecular formula is C10H15N7O. The summed E-state index contributed by atoms with van der Waals surface area (Å²) in [5.74, 6) is 0.500. The first-order valence-corrected chi connectivity index (χ1v) is 5.54. The summed E-state index contributed by atoms with van der Waals surface area (Å²) in [6, 6.07) is 0. The van der Waals surface area contributed by atoms with Crippen LogP contribution in [-0.2, 0) is 24.9 Å². The third kappa shape index (κ3) is 2.84. The van der Waals surface area contributed by atoms with Gasteiger partial charge in [0, 0.05) is 31.8 Å². The molecule has 8 nitrogen and oxygen atoms in total. The van der Waals surface area contributed by atoms with Crippen LogP contribution >= 0.6 is 0 Å². The number of amides is 1. The van der Waals surface area contributed by atoms with E-state index in [-0.39, 0.29) is 5.91 Å². The molecule has 0 aliphatic carbocycles. The van der Waals surface area contributed by atoms with Gasteiger partial charge in [0.05, 0.1) is 18.9 Å². The quantitative estimate of drug-likeness (QED) is 0.729. The summed E-state index contributed by atoms with van der Waals surface area (Å²) in [5.41, 5.74) is 6.58. The normalized spacial score (nSPS) is 10.5. The van der Waals surface area contributed by atoms with E-state index in [4.69, 9.17) is 5.73 Å². The predicted octanol–water partition coefficient (Wildman–Crippen LogP) is -0.700. The average molecular weight is 249 g/mol. The smallest absolute Gasteiger partial charge is 0.222 e. The highest BCUT2D eigenvalue weighted by Crippen LogP contribution is 2.08. The molecule has 0 bridgehead atoms. The van der Waals surface area contributed by atoms with Gasteiger partial charge in [0.25, 0.3) is 0 Å². The molecule has 2 aromatic rings. The monoisotopic (exact) mass is 249 g/mol. The maximum atomic E-state index is 11.6. The minimum Gasteiger partial charge on any atom is -0.384 e. The van der Waals surface area contributed by atoms with Gasteiger partial charge < -0.3 is 11.1 Å². The summed E-state index contributed by atoms with van der Waals surface area (Å²) in [6.07, 6.45) is 5.29. The Kier molecular flexibility index (Phi) is 3.56. The summed E-state index contributed by atoms with van der Waals surface area (Å²) >= 11 is 0. The molecule has 8 heteroatoms. The molecule has 2 heterocycles. The second kappa shape index (κ2) is 5.30. The molecular weight excluding hydrogens is 234 g/mol. The number of carbonyl (C=O) groups is 1. The largest absolute Gasteiger partial charge is 0.384 e. The van der Waals surface area contributed by atoms with Crippen molar-refractivity contribution in [3.05, 3.63) is 24.2 Å². The molecule has 2 rings (SSSR count). The first-order chi connectivity index (χ1) is 8.66. The third-order valence-electron chi connectivity index (χ3n) is 2.58. The van der Waals surface area contributed by atoms with E-state index in [1.807, 2.05) is 0 Å². The zero-order chi connectivity index (χ0) is 13.0. The molecule has 0 aliphatic heterocycles. The molecule has 0 aliphatic rings. The Bertz CT molecular complexity index is 516. The molecule has 0 fully saturated rings. The second-order valence-corrected chi connectivity index (χ2v) is 3.87. The molecule has 0 unspecified atom stereocenters. The van der Waals surface area contributed by atoms with Crippen molar-refractivity contribution >= 4 is 11.7 Å². The van der Waals surface area contributed by atoms with Crippen LogP contribution in [0.1, 0.15) is 12.0 Å². The maximum Gasteiger partial charge on any atom is 0.222 e. The van der Waals surface area contributed by atoms with Crippen LogP contribution in [0.15, 0.2) is 18.6 Å². The van der Waals surface area contributed by atoms with E-state index < -0.39 is 0 Å². The van der Waals surface area contributed by atoms with E-state index in [2.05, 4.69) is 20.7 Å². The summed E-state index contributed by atoms with van der Waals surface area (Å²) in [7, 11) is 1.76. The number of hydrogen-bond acceptors (Lipinski definition) is 5. The first-order valence-electron chi connectivity index (χ1n) is 5.54. The van der Waals surface area contributed by atoms with Crippen LogP contribution in [0, 0.1) is 0 Å². The molecule has 96 valence electrons.